The average molecular weight is 205 g/mol. The zero-order valence-corrected chi connectivity index (χ0v) is 8.53. The molecular formula is C12H15NO2. The minimum atomic E-state index is -0.127. The normalized spacial score (nSPS) is 24.9. The molecule has 0 aromatic heterocycles. The molecule has 4 N–H and O–H groups in total. The molecule has 3 nitrogen and oxygen atoms in total. The SMILES string of the molecule is NC1(C2(c3cc(O)ccc3O)CC2)CC1. The summed E-state index contributed by atoms with van der Waals surface area (Å²) in [5.41, 5.74) is 6.89. The number of rotatable bonds is 2. The van der Waals surface area contributed by atoms with Crippen molar-refractivity contribution >= 4 is 0 Å². The molecule has 0 atom stereocenters. The summed E-state index contributed by atoms with van der Waals surface area (Å²) in [7, 11) is 0. The largest absolute Gasteiger partial charge is 0.508 e. The Morgan fingerprint density at radius 1 is 1.07 bits per heavy atom. The molecule has 0 unspecified atom stereocenters. The molecule has 2 fully saturated rings. The Kier molecular flexibility index (Phi) is 1.49. The monoisotopic (exact) mass is 205 g/mol. The van der Waals surface area contributed by atoms with Gasteiger partial charge in [-0.2, -0.15) is 0 Å². The maximum Gasteiger partial charge on any atom is 0.119 e. The maximum atomic E-state index is 9.84. The van der Waals surface area contributed by atoms with Crippen molar-refractivity contribution in [1.29, 1.82) is 0 Å². The van der Waals surface area contributed by atoms with Crippen LogP contribution >= 0.6 is 0 Å². The summed E-state index contributed by atoms with van der Waals surface area (Å²) in [6.07, 6.45) is 4.12. The molecule has 0 bridgehead atoms. The van der Waals surface area contributed by atoms with Gasteiger partial charge in [-0.05, 0) is 43.9 Å². The fourth-order valence-corrected chi connectivity index (χ4v) is 2.68. The van der Waals surface area contributed by atoms with Gasteiger partial charge in [0.15, 0.2) is 0 Å². The lowest BCUT2D eigenvalue weighted by molar-refractivity contribution is 0.425. The molecule has 0 heterocycles. The van der Waals surface area contributed by atoms with E-state index in [9.17, 15) is 10.2 Å². The highest BCUT2D eigenvalue weighted by Gasteiger charge is 2.64. The number of benzene rings is 1. The lowest BCUT2D eigenvalue weighted by atomic mass is 9.85. The van der Waals surface area contributed by atoms with Gasteiger partial charge in [0, 0.05) is 16.5 Å². The Bertz CT molecular complexity index is 420. The van der Waals surface area contributed by atoms with E-state index in [0.717, 1.165) is 31.2 Å². The lowest BCUT2D eigenvalue weighted by Gasteiger charge is -2.24. The quantitative estimate of drug-likeness (QED) is 0.643. The van der Waals surface area contributed by atoms with Gasteiger partial charge in [0.25, 0.3) is 0 Å². The van der Waals surface area contributed by atoms with Gasteiger partial charge in [0.2, 0.25) is 0 Å². The van der Waals surface area contributed by atoms with Crippen molar-refractivity contribution in [2.24, 2.45) is 5.73 Å². The predicted molar refractivity (Wildman–Crippen MR) is 56.8 cm³/mol. The van der Waals surface area contributed by atoms with Crippen LogP contribution in [0.2, 0.25) is 0 Å². The molecule has 1 aromatic rings. The van der Waals surface area contributed by atoms with Gasteiger partial charge in [0.05, 0.1) is 0 Å². The molecule has 80 valence electrons. The number of hydrogen-bond acceptors (Lipinski definition) is 3. The number of aromatic hydroxyl groups is 2. The van der Waals surface area contributed by atoms with E-state index in [1.54, 1.807) is 12.1 Å². The van der Waals surface area contributed by atoms with Crippen LogP contribution < -0.4 is 5.73 Å². The van der Waals surface area contributed by atoms with Gasteiger partial charge < -0.3 is 15.9 Å². The Balaban J connectivity index is 2.09. The molecule has 0 amide bonds. The molecule has 2 aliphatic rings. The third-order valence-corrected chi connectivity index (χ3v) is 3.99. The van der Waals surface area contributed by atoms with Gasteiger partial charge in [-0.15, -0.1) is 0 Å². The number of phenolic OH excluding ortho intramolecular Hbond substituents is 2. The first-order valence-corrected chi connectivity index (χ1v) is 5.39. The van der Waals surface area contributed by atoms with Crippen molar-refractivity contribution in [2.45, 2.75) is 36.6 Å². The van der Waals surface area contributed by atoms with Crippen LogP contribution in [0.15, 0.2) is 18.2 Å². The molecule has 0 radical (unpaired) electrons. The Morgan fingerprint density at radius 2 is 1.73 bits per heavy atom. The molecule has 1 aromatic carbocycles. The van der Waals surface area contributed by atoms with E-state index >= 15 is 0 Å². The summed E-state index contributed by atoms with van der Waals surface area (Å²) in [5.74, 6) is 0.473. The zero-order valence-electron chi connectivity index (χ0n) is 8.53. The summed E-state index contributed by atoms with van der Waals surface area (Å²) in [5, 5.41) is 19.3. The number of nitrogens with two attached hydrogens (primary N) is 1. The van der Waals surface area contributed by atoms with Crippen LogP contribution in [0.3, 0.4) is 0 Å². The summed E-state index contributed by atoms with van der Waals surface area (Å²) >= 11 is 0. The van der Waals surface area contributed by atoms with E-state index in [1.807, 2.05) is 0 Å². The Morgan fingerprint density at radius 3 is 2.27 bits per heavy atom. The van der Waals surface area contributed by atoms with E-state index in [1.165, 1.54) is 6.07 Å². The van der Waals surface area contributed by atoms with Crippen LogP contribution in [0.5, 0.6) is 11.5 Å². The van der Waals surface area contributed by atoms with Crippen LogP contribution in [0, 0.1) is 0 Å². The molecule has 0 aliphatic heterocycles. The highest BCUT2D eigenvalue weighted by molar-refractivity contribution is 5.50. The first-order chi connectivity index (χ1) is 7.07. The van der Waals surface area contributed by atoms with Crippen molar-refractivity contribution < 1.29 is 10.2 Å². The van der Waals surface area contributed by atoms with Gasteiger partial charge >= 0.3 is 0 Å². The van der Waals surface area contributed by atoms with Crippen LogP contribution in [0.1, 0.15) is 31.2 Å². The van der Waals surface area contributed by atoms with Crippen LogP contribution in [-0.2, 0) is 5.41 Å². The van der Waals surface area contributed by atoms with Crippen molar-refractivity contribution in [3.63, 3.8) is 0 Å². The highest BCUT2D eigenvalue weighted by Crippen LogP contribution is 2.65. The molecule has 3 rings (SSSR count). The summed E-state index contributed by atoms with van der Waals surface area (Å²) in [6, 6.07) is 4.72. The molecule has 2 aliphatic carbocycles. The number of phenols is 2. The smallest absolute Gasteiger partial charge is 0.119 e. The lowest BCUT2D eigenvalue weighted by Crippen LogP contribution is -2.37. The minimum absolute atomic E-state index is 0.0597. The molecule has 0 saturated heterocycles. The van der Waals surface area contributed by atoms with Crippen LogP contribution in [0.25, 0.3) is 0 Å². The average Bonchev–Trinajstić information content (AvgIpc) is 3.05. The second-order valence-corrected chi connectivity index (χ2v) is 4.94. The van der Waals surface area contributed by atoms with E-state index in [4.69, 9.17) is 5.73 Å². The molecule has 15 heavy (non-hydrogen) atoms. The third-order valence-electron chi connectivity index (χ3n) is 3.99. The number of hydrogen-bond donors (Lipinski definition) is 3. The Hall–Kier alpha value is -1.22. The van der Waals surface area contributed by atoms with Crippen molar-refractivity contribution in [3.8, 4) is 11.5 Å². The van der Waals surface area contributed by atoms with E-state index in [0.29, 0.717) is 0 Å². The summed E-state index contributed by atoms with van der Waals surface area (Å²) in [6.45, 7) is 0. The van der Waals surface area contributed by atoms with Crippen molar-refractivity contribution in [2.75, 3.05) is 0 Å². The van der Waals surface area contributed by atoms with E-state index in [2.05, 4.69) is 0 Å². The van der Waals surface area contributed by atoms with Gasteiger partial charge in [0.1, 0.15) is 11.5 Å². The van der Waals surface area contributed by atoms with Crippen molar-refractivity contribution in [3.05, 3.63) is 23.8 Å². The maximum absolute atomic E-state index is 9.84. The van der Waals surface area contributed by atoms with Gasteiger partial charge in [-0.1, -0.05) is 0 Å². The molecule has 2 saturated carbocycles. The van der Waals surface area contributed by atoms with Crippen LogP contribution in [0.4, 0.5) is 0 Å². The van der Waals surface area contributed by atoms with E-state index < -0.39 is 0 Å². The van der Waals surface area contributed by atoms with E-state index in [-0.39, 0.29) is 22.5 Å². The minimum Gasteiger partial charge on any atom is -0.508 e. The zero-order chi connectivity index (χ0) is 10.7. The summed E-state index contributed by atoms with van der Waals surface area (Å²) in [4.78, 5) is 0. The standard InChI is InChI=1S/C12H15NO2/c13-12(5-6-12)11(3-4-11)9-7-8(14)1-2-10(9)15/h1-2,7,14-15H,3-6,13H2. The predicted octanol–water partition coefficient (Wildman–Crippen LogP) is 1.62. The fraction of sp³-hybridized carbons (Fsp3) is 0.500. The van der Waals surface area contributed by atoms with Gasteiger partial charge in [-0.25, -0.2) is 0 Å². The summed E-state index contributed by atoms with van der Waals surface area (Å²) < 4.78 is 0. The first kappa shape index (κ1) is 9.04. The fourth-order valence-electron chi connectivity index (χ4n) is 2.68. The molecule has 0 spiro atoms. The Labute approximate surface area is 88.5 Å². The third kappa shape index (κ3) is 1.10. The second kappa shape index (κ2) is 2.47. The molecule has 3 heteroatoms. The highest BCUT2D eigenvalue weighted by atomic mass is 16.3. The first-order valence-electron chi connectivity index (χ1n) is 5.39. The topological polar surface area (TPSA) is 66.5 Å². The van der Waals surface area contributed by atoms with Gasteiger partial charge in [-0.3, -0.25) is 0 Å². The molecular weight excluding hydrogens is 190 g/mol. The van der Waals surface area contributed by atoms with Crippen LogP contribution in [-0.4, -0.2) is 15.8 Å². The van der Waals surface area contributed by atoms with Crippen molar-refractivity contribution in [1.82, 2.24) is 0 Å². The second-order valence-electron chi connectivity index (χ2n) is 4.94.